The number of carbonyl (C=O) groups excluding carboxylic acids is 1. The lowest BCUT2D eigenvalue weighted by Crippen LogP contribution is -2.24. The fourth-order valence-corrected chi connectivity index (χ4v) is 2.82. The number of benzene rings is 1. The summed E-state index contributed by atoms with van der Waals surface area (Å²) >= 11 is 1.66. The molecule has 1 N–H and O–H groups in total. The summed E-state index contributed by atoms with van der Waals surface area (Å²) < 4.78 is 10.8. The van der Waals surface area contributed by atoms with Crippen molar-refractivity contribution in [1.82, 2.24) is 10.3 Å². The second-order valence-electron chi connectivity index (χ2n) is 5.10. The molecule has 0 bridgehead atoms. The van der Waals surface area contributed by atoms with E-state index in [9.17, 15) is 4.79 Å². The van der Waals surface area contributed by atoms with E-state index in [0.29, 0.717) is 30.2 Å². The molecule has 1 aromatic heterocycles. The predicted octanol–water partition coefficient (Wildman–Crippen LogP) is 3.47. The van der Waals surface area contributed by atoms with E-state index in [-0.39, 0.29) is 5.91 Å². The molecule has 0 aliphatic carbocycles. The van der Waals surface area contributed by atoms with Crippen LogP contribution in [0, 0.1) is 0 Å². The fourth-order valence-electron chi connectivity index (χ4n) is 2.16. The molecule has 0 saturated heterocycles. The minimum atomic E-state index is -0.113. The highest BCUT2D eigenvalue weighted by atomic mass is 32.1. The van der Waals surface area contributed by atoms with Crippen molar-refractivity contribution in [3.05, 3.63) is 53.0 Å². The van der Waals surface area contributed by atoms with Gasteiger partial charge in [-0.05, 0) is 37.5 Å². The number of hydrogen-bond donors (Lipinski definition) is 1. The number of aromatic nitrogens is 1. The van der Waals surface area contributed by atoms with E-state index in [1.165, 1.54) is 0 Å². The zero-order valence-electron chi connectivity index (χ0n) is 13.8. The van der Waals surface area contributed by atoms with Crippen LogP contribution in [-0.4, -0.2) is 31.2 Å². The first kappa shape index (κ1) is 18.0. The first-order valence-corrected chi connectivity index (χ1v) is 8.71. The zero-order chi connectivity index (χ0) is 17.2. The standard InChI is InChI=1S/C18H22N2O3S/c1-3-11-23-15-8-7-14(13-16(15)22-2)18(21)20-9-5-4-6-17-19-10-12-24-17/h3,7-8,10,12-13H,1,4-6,9,11H2,2H3,(H,20,21). The van der Waals surface area contributed by atoms with E-state index in [0.717, 1.165) is 24.3 Å². The summed E-state index contributed by atoms with van der Waals surface area (Å²) in [6.07, 6.45) is 6.36. The Morgan fingerprint density at radius 3 is 2.96 bits per heavy atom. The Hall–Kier alpha value is -2.34. The van der Waals surface area contributed by atoms with Crippen LogP contribution >= 0.6 is 11.3 Å². The average molecular weight is 346 g/mol. The van der Waals surface area contributed by atoms with Crippen molar-refractivity contribution in [1.29, 1.82) is 0 Å². The first-order valence-electron chi connectivity index (χ1n) is 7.83. The summed E-state index contributed by atoms with van der Waals surface area (Å²) in [6.45, 7) is 4.64. The molecule has 0 aliphatic heterocycles. The lowest BCUT2D eigenvalue weighted by Gasteiger charge is -2.11. The summed E-state index contributed by atoms with van der Waals surface area (Å²) in [5.74, 6) is 1.02. The van der Waals surface area contributed by atoms with Crippen LogP contribution in [0.15, 0.2) is 42.4 Å². The van der Waals surface area contributed by atoms with Crippen LogP contribution in [0.25, 0.3) is 0 Å². The van der Waals surface area contributed by atoms with Crippen LogP contribution in [0.3, 0.4) is 0 Å². The van der Waals surface area contributed by atoms with Gasteiger partial charge in [-0.15, -0.1) is 11.3 Å². The Morgan fingerprint density at radius 2 is 2.25 bits per heavy atom. The largest absolute Gasteiger partial charge is 0.493 e. The number of nitrogens with one attached hydrogen (secondary N) is 1. The van der Waals surface area contributed by atoms with E-state index in [2.05, 4.69) is 16.9 Å². The number of nitrogens with zero attached hydrogens (tertiary/aromatic N) is 1. The Kier molecular flexibility index (Phi) is 7.29. The quantitative estimate of drug-likeness (QED) is 0.529. The van der Waals surface area contributed by atoms with Crippen molar-refractivity contribution >= 4 is 17.2 Å². The molecule has 0 radical (unpaired) electrons. The van der Waals surface area contributed by atoms with Gasteiger partial charge >= 0.3 is 0 Å². The maximum atomic E-state index is 12.2. The van der Waals surface area contributed by atoms with Gasteiger partial charge in [0, 0.05) is 23.7 Å². The molecule has 6 heteroatoms. The number of carbonyl (C=O) groups is 1. The smallest absolute Gasteiger partial charge is 0.251 e. The Morgan fingerprint density at radius 1 is 1.38 bits per heavy atom. The van der Waals surface area contributed by atoms with Crippen LogP contribution in [0.2, 0.25) is 0 Å². The number of aryl methyl sites for hydroxylation is 1. The highest BCUT2D eigenvalue weighted by molar-refractivity contribution is 7.09. The maximum absolute atomic E-state index is 12.2. The number of unbranched alkanes of at least 4 members (excludes halogenated alkanes) is 1. The van der Waals surface area contributed by atoms with Crippen molar-refractivity contribution in [3.63, 3.8) is 0 Å². The van der Waals surface area contributed by atoms with Gasteiger partial charge in [-0.2, -0.15) is 0 Å². The molecule has 0 spiro atoms. The molecular formula is C18H22N2O3S. The Balaban J connectivity index is 1.79. The lowest BCUT2D eigenvalue weighted by molar-refractivity contribution is 0.0952. The van der Waals surface area contributed by atoms with E-state index in [1.54, 1.807) is 42.7 Å². The number of amides is 1. The van der Waals surface area contributed by atoms with Crippen LogP contribution in [0.1, 0.15) is 28.2 Å². The summed E-state index contributed by atoms with van der Waals surface area (Å²) in [5.41, 5.74) is 0.553. The number of ether oxygens (including phenoxy) is 2. The summed E-state index contributed by atoms with van der Waals surface area (Å²) in [6, 6.07) is 5.15. The zero-order valence-corrected chi connectivity index (χ0v) is 14.6. The Bertz CT molecular complexity index is 656. The van der Waals surface area contributed by atoms with Gasteiger partial charge in [0.15, 0.2) is 11.5 Å². The van der Waals surface area contributed by atoms with Gasteiger partial charge in [-0.25, -0.2) is 4.98 Å². The van der Waals surface area contributed by atoms with Gasteiger partial charge in [0.2, 0.25) is 0 Å². The van der Waals surface area contributed by atoms with Crippen LogP contribution in [0.4, 0.5) is 0 Å². The Labute approximate surface area is 146 Å². The summed E-state index contributed by atoms with van der Waals surface area (Å²) in [4.78, 5) is 16.4. The predicted molar refractivity (Wildman–Crippen MR) is 96.1 cm³/mol. The third kappa shape index (κ3) is 5.38. The van der Waals surface area contributed by atoms with Crippen molar-refractivity contribution < 1.29 is 14.3 Å². The molecule has 1 heterocycles. The molecule has 2 aromatic rings. The fraction of sp³-hybridized carbons (Fsp3) is 0.333. The second kappa shape index (κ2) is 9.72. The molecule has 0 fully saturated rings. The molecule has 0 aliphatic rings. The van der Waals surface area contributed by atoms with Crippen molar-refractivity contribution in [2.45, 2.75) is 19.3 Å². The number of hydrogen-bond acceptors (Lipinski definition) is 5. The highest BCUT2D eigenvalue weighted by Crippen LogP contribution is 2.28. The molecule has 2 rings (SSSR count). The maximum Gasteiger partial charge on any atom is 0.251 e. The van der Waals surface area contributed by atoms with E-state index in [1.807, 2.05) is 11.6 Å². The molecule has 128 valence electrons. The van der Waals surface area contributed by atoms with Crippen LogP contribution < -0.4 is 14.8 Å². The molecule has 0 atom stereocenters. The van der Waals surface area contributed by atoms with Crippen LogP contribution in [0.5, 0.6) is 11.5 Å². The second-order valence-corrected chi connectivity index (χ2v) is 6.08. The number of thiazole rings is 1. The molecule has 1 amide bonds. The molecular weight excluding hydrogens is 324 g/mol. The third-order valence-electron chi connectivity index (χ3n) is 3.37. The minimum Gasteiger partial charge on any atom is -0.493 e. The van der Waals surface area contributed by atoms with E-state index >= 15 is 0 Å². The normalized spacial score (nSPS) is 10.2. The van der Waals surface area contributed by atoms with Gasteiger partial charge in [0.1, 0.15) is 6.61 Å². The lowest BCUT2D eigenvalue weighted by atomic mass is 10.2. The van der Waals surface area contributed by atoms with Crippen LogP contribution in [-0.2, 0) is 6.42 Å². The third-order valence-corrected chi connectivity index (χ3v) is 4.21. The van der Waals surface area contributed by atoms with Gasteiger partial charge in [0.05, 0.1) is 12.1 Å². The van der Waals surface area contributed by atoms with E-state index < -0.39 is 0 Å². The van der Waals surface area contributed by atoms with Gasteiger partial charge in [0.25, 0.3) is 5.91 Å². The number of methoxy groups -OCH3 is 1. The summed E-state index contributed by atoms with van der Waals surface area (Å²) in [5, 5.41) is 6.04. The van der Waals surface area contributed by atoms with Gasteiger partial charge in [-0.3, -0.25) is 4.79 Å². The molecule has 24 heavy (non-hydrogen) atoms. The molecule has 0 saturated carbocycles. The minimum absolute atomic E-state index is 0.113. The van der Waals surface area contributed by atoms with Crippen molar-refractivity contribution in [3.8, 4) is 11.5 Å². The molecule has 1 aromatic carbocycles. The highest BCUT2D eigenvalue weighted by Gasteiger charge is 2.10. The monoisotopic (exact) mass is 346 g/mol. The molecule has 0 unspecified atom stereocenters. The van der Waals surface area contributed by atoms with Gasteiger partial charge in [-0.1, -0.05) is 12.7 Å². The summed E-state index contributed by atoms with van der Waals surface area (Å²) in [7, 11) is 1.55. The average Bonchev–Trinajstić information content (AvgIpc) is 3.12. The van der Waals surface area contributed by atoms with Crippen molar-refractivity contribution in [2.75, 3.05) is 20.3 Å². The molecule has 5 nitrogen and oxygen atoms in total. The van der Waals surface area contributed by atoms with Crippen molar-refractivity contribution in [2.24, 2.45) is 0 Å². The topological polar surface area (TPSA) is 60.5 Å². The van der Waals surface area contributed by atoms with Gasteiger partial charge < -0.3 is 14.8 Å². The first-order chi connectivity index (χ1) is 11.7. The van der Waals surface area contributed by atoms with E-state index in [4.69, 9.17) is 9.47 Å². The number of rotatable bonds is 10. The SMILES string of the molecule is C=CCOc1ccc(C(=O)NCCCCc2nccs2)cc1OC.